The third kappa shape index (κ3) is 3.73. The summed E-state index contributed by atoms with van der Waals surface area (Å²) in [5.41, 5.74) is 0.652. The lowest BCUT2D eigenvalue weighted by Gasteiger charge is -2.12. The van der Waals surface area contributed by atoms with E-state index < -0.39 is 5.97 Å². The molecule has 29 heavy (non-hydrogen) atoms. The van der Waals surface area contributed by atoms with E-state index in [4.69, 9.17) is 21.1 Å². The molecule has 4 rings (SSSR count). The van der Waals surface area contributed by atoms with Gasteiger partial charge in [-0.1, -0.05) is 35.9 Å². The van der Waals surface area contributed by atoms with Gasteiger partial charge >= 0.3 is 5.97 Å². The molecule has 0 amide bonds. The van der Waals surface area contributed by atoms with Gasteiger partial charge in [-0.2, -0.15) is 0 Å². The van der Waals surface area contributed by atoms with Crippen molar-refractivity contribution in [3.05, 3.63) is 99.9 Å². The van der Waals surface area contributed by atoms with E-state index in [2.05, 4.69) is 0 Å². The predicted molar refractivity (Wildman–Crippen MR) is 113 cm³/mol. The molecule has 0 bridgehead atoms. The van der Waals surface area contributed by atoms with Gasteiger partial charge in [0.1, 0.15) is 11.5 Å². The molecule has 0 aliphatic rings. The zero-order valence-electron chi connectivity index (χ0n) is 15.5. The second-order valence-corrected chi connectivity index (χ2v) is 6.74. The number of esters is 1. The quantitative estimate of drug-likeness (QED) is 0.359. The van der Waals surface area contributed by atoms with Crippen molar-refractivity contribution in [1.29, 1.82) is 0 Å². The van der Waals surface area contributed by atoms with E-state index in [1.54, 1.807) is 79.9 Å². The lowest BCUT2D eigenvalue weighted by Crippen LogP contribution is -2.22. The number of aromatic nitrogens is 1. The molecule has 0 N–H and O–H groups in total. The molecule has 0 saturated carbocycles. The molecule has 3 aromatic carbocycles. The molecule has 0 spiro atoms. The van der Waals surface area contributed by atoms with Crippen molar-refractivity contribution in [3.63, 3.8) is 0 Å². The van der Waals surface area contributed by atoms with Crippen LogP contribution in [0.3, 0.4) is 0 Å². The summed E-state index contributed by atoms with van der Waals surface area (Å²) in [6, 6.07) is 20.5. The maximum absolute atomic E-state index is 13.0. The number of halogens is 1. The molecule has 1 heterocycles. The molecule has 0 unspecified atom stereocenters. The van der Waals surface area contributed by atoms with Crippen LogP contribution >= 0.6 is 11.6 Å². The topological polar surface area (TPSA) is 57.5 Å². The van der Waals surface area contributed by atoms with Crippen LogP contribution in [0.4, 0.5) is 0 Å². The number of hydrogen-bond donors (Lipinski definition) is 0. The molecule has 5 nitrogen and oxygen atoms in total. The number of fused-ring (bicyclic) bond motifs is 1. The number of rotatable bonds is 4. The SMILES string of the molecule is COc1ccc(-n2cc(C(=O)Oc3cccc(Cl)c3)c3ccccc3c2=O)cc1. The van der Waals surface area contributed by atoms with Gasteiger partial charge in [-0.15, -0.1) is 0 Å². The van der Waals surface area contributed by atoms with Gasteiger partial charge < -0.3 is 9.47 Å². The highest BCUT2D eigenvalue weighted by Gasteiger charge is 2.17. The Hall–Kier alpha value is -3.57. The average molecular weight is 406 g/mol. The molecule has 0 fully saturated rings. The Balaban J connectivity index is 1.85. The Morgan fingerprint density at radius 2 is 1.62 bits per heavy atom. The smallest absolute Gasteiger partial charge is 0.345 e. The maximum Gasteiger partial charge on any atom is 0.345 e. The Morgan fingerprint density at radius 3 is 2.31 bits per heavy atom. The van der Waals surface area contributed by atoms with Gasteiger partial charge in [0, 0.05) is 27.7 Å². The van der Waals surface area contributed by atoms with E-state index >= 15 is 0 Å². The summed E-state index contributed by atoms with van der Waals surface area (Å²) in [7, 11) is 1.57. The van der Waals surface area contributed by atoms with E-state index in [1.807, 2.05) is 0 Å². The van der Waals surface area contributed by atoms with Crippen molar-refractivity contribution in [2.75, 3.05) is 7.11 Å². The van der Waals surface area contributed by atoms with Gasteiger partial charge in [0.25, 0.3) is 5.56 Å². The highest BCUT2D eigenvalue weighted by Crippen LogP contribution is 2.23. The van der Waals surface area contributed by atoms with E-state index in [-0.39, 0.29) is 11.1 Å². The number of carbonyl (C=O) groups excluding carboxylic acids is 1. The van der Waals surface area contributed by atoms with Crippen molar-refractivity contribution in [3.8, 4) is 17.2 Å². The lowest BCUT2D eigenvalue weighted by atomic mass is 10.1. The van der Waals surface area contributed by atoms with Crippen LogP contribution in [0.1, 0.15) is 10.4 Å². The summed E-state index contributed by atoms with van der Waals surface area (Å²) in [5, 5.41) is 1.40. The summed E-state index contributed by atoms with van der Waals surface area (Å²) < 4.78 is 12.1. The number of pyridine rings is 1. The van der Waals surface area contributed by atoms with Crippen LogP contribution in [0.15, 0.2) is 83.8 Å². The Morgan fingerprint density at radius 1 is 0.897 bits per heavy atom. The molecule has 0 radical (unpaired) electrons. The number of methoxy groups -OCH3 is 1. The monoisotopic (exact) mass is 405 g/mol. The van der Waals surface area contributed by atoms with Crippen LogP contribution in [-0.4, -0.2) is 17.6 Å². The zero-order valence-corrected chi connectivity index (χ0v) is 16.2. The number of hydrogen-bond acceptors (Lipinski definition) is 4. The average Bonchev–Trinajstić information content (AvgIpc) is 2.74. The van der Waals surface area contributed by atoms with Crippen molar-refractivity contribution >= 4 is 28.3 Å². The molecule has 1 aromatic heterocycles. The standard InChI is InChI=1S/C23H16ClNO4/c1-28-17-11-9-16(10-12-17)25-14-21(19-7-2-3-8-20(19)22(25)26)23(27)29-18-6-4-5-15(24)13-18/h2-14H,1H3. The van der Waals surface area contributed by atoms with Gasteiger partial charge in [0.15, 0.2) is 0 Å². The highest BCUT2D eigenvalue weighted by molar-refractivity contribution is 6.30. The van der Waals surface area contributed by atoms with Gasteiger partial charge in [-0.3, -0.25) is 9.36 Å². The fourth-order valence-corrected chi connectivity index (χ4v) is 3.26. The molecule has 144 valence electrons. The molecule has 4 aromatic rings. The van der Waals surface area contributed by atoms with E-state index in [0.717, 1.165) is 0 Å². The van der Waals surface area contributed by atoms with Crippen molar-refractivity contribution in [2.24, 2.45) is 0 Å². The summed E-state index contributed by atoms with van der Waals surface area (Å²) in [5.74, 6) is 0.419. The van der Waals surface area contributed by atoms with E-state index in [1.165, 1.54) is 10.8 Å². The maximum atomic E-state index is 13.0. The minimum absolute atomic E-state index is 0.231. The van der Waals surface area contributed by atoms with E-state index in [9.17, 15) is 9.59 Å². The second kappa shape index (κ2) is 7.81. The molecule has 0 aliphatic carbocycles. The van der Waals surface area contributed by atoms with Crippen LogP contribution < -0.4 is 15.0 Å². The first kappa shape index (κ1) is 18.8. The molecule has 0 saturated heterocycles. The summed E-state index contributed by atoms with van der Waals surface area (Å²) >= 11 is 5.97. The van der Waals surface area contributed by atoms with Crippen LogP contribution in [0.5, 0.6) is 11.5 Å². The summed E-state index contributed by atoms with van der Waals surface area (Å²) in [6.45, 7) is 0. The number of benzene rings is 3. The fraction of sp³-hybridized carbons (Fsp3) is 0.0435. The van der Waals surface area contributed by atoms with Gasteiger partial charge in [-0.25, -0.2) is 4.79 Å². The summed E-state index contributed by atoms with van der Waals surface area (Å²) in [4.78, 5) is 26.0. The van der Waals surface area contributed by atoms with Gasteiger partial charge in [0.2, 0.25) is 0 Å². The lowest BCUT2D eigenvalue weighted by molar-refractivity contribution is 0.0736. The van der Waals surface area contributed by atoms with Crippen LogP contribution in [0.25, 0.3) is 16.5 Å². The number of nitrogens with zero attached hydrogens (tertiary/aromatic N) is 1. The second-order valence-electron chi connectivity index (χ2n) is 6.31. The predicted octanol–water partition coefficient (Wildman–Crippen LogP) is 4.87. The zero-order chi connectivity index (χ0) is 20.4. The Bertz CT molecular complexity index is 1260. The van der Waals surface area contributed by atoms with E-state index in [0.29, 0.717) is 33.0 Å². The third-order valence-electron chi connectivity index (χ3n) is 4.50. The van der Waals surface area contributed by atoms with Crippen molar-refractivity contribution in [1.82, 2.24) is 4.57 Å². The molecule has 0 aliphatic heterocycles. The number of ether oxygens (including phenoxy) is 2. The van der Waals surface area contributed by atoms with Crippen molar-refractivity contribution < 1.29 is 14.3 Å². The first-order valence-corrected chi connectivity index (χ1v) is 9.21. The molecular weight excluding hydrogens is 390 g/mol. The van der Waals surface area contributed by atoms with Crippen LogP contribution in [0.2, 0.25) is 5.02 Å². The van der Waals surface area contributed by atoms with Crippen LogP contribution in [-0.2, 0) is 0 Å². The number of carbonyl (C=O) groups is 1. The van der Waals surface area contributed by atoms with Crippen molar-refractivity contribution in [2.45, 2.75) is 0 Å². The first-order valence-electron chi connectivity index (χ1n) is 8.83. The normalized spacial score (nSPS) is 10.7. The highest BCUT2D eigenvalue weighted by atomic mass is 35.5. The minimum Gasteiger partial charge on any atom is -0.497 e. The fourth-order valence-electron chi connectivity index (χ4n) is 3.08. The minimum atomic E-state index is -0.578. The Kier molecular flexibility index (Phi) is 5.06. The van der Waals surface area contributed by atoms with Gasteiger partial charge in [0.05, 0.1) is 12.7 Å². The Labute approximate surface area is 171 Å². The van der Waals surface area contributed by atoms with Gasteiger partial charge in [-0.05, 0) is 48.5 Å². The molecule has 6 heteroatoms. The molecular formula is C23H16ClNO4. The third-order valence-corrected chi connectivity index (χ3v) is 4.74. The first-order chi connectivity index (χ1) is 14.1. The molecule has 0 atom stereocenters. The summed E-state index contributed by atoms with van der Waals surface area (Å²) in [6.07, 6.45) is 1.50. The largest absolute Gasteiger partial charge is 0.497 e. The van der Waals surface area contributed by atoms with Crippen LogP contribution in [0, 0.1) is 0 Å².